The van der Waals surface area contributed by atoms with Gasteiger partial charge in [-0.05, 0) is 5.16 Å². The Morgan fingerprint density at radius 3 is 1.00 bits per heavy atom. The molecule has 0 aliphatic carbocycles. The van der Waals surface area contributed by atoms with Crippen LogP contribution in [0.3, 0.4) is 0 Å². The van der Waals surface area contributed by atoms with Gasteiger partial charge in [-0.25, -0.2) is 0 Å². The second-order valence-corrected chi connectivity index (χ2v) is 27.0. The third-order valence-electron chi connectivity index (χ3n) is 2.25. The molecule has 0 amide bonds. The Labute approximate surface area is 143 Å². The highest BCUT2D eigenvalue weighted by molar-refractivity contribution is 9.47. The zero-order valence-corrected chi connectivity index (χ0v) is 20.9. The van der Waals surface area contributed by atoms with Crippen molar-refractivity contribution in [1.82, 2.24) is 0 Å². The minimum Gasteiger partial charge on any atom is -0.309 e. The highest BCUT2D eigenvalue weighted by Gasteiger charge is 2.33. The second-order valence-electron chi connectivity index (χ2n) is 5.33. The molecule has 0 saturated heterocycles. The van der Waals surface area contributed by atoms with Crippen molar-refractivity contribution in [2.24, 2.45) is 0 Å². The summed E-state index contributed by atoms with van der Waals surface area (Å²) in [6.45, 7) is 17.0. The van der Waals surface area contributed by atoms with E-state index in [0.29, 0.717) is 0 Å². The Morgan fingerprint density at radius 2 is 1.00 bits per heavy atom. The molecule has 1 radical (unpaired) electrons. The molecule has 0 bridgehead atoms. The summed E-state index contributed by atoms with van der Waals surface area (Å²) in [6, 6.07) is 0. The summed E-state index contributed by atoms with van der Waals surface area (Å²) in [5.74, 6) is 0. The molecule has 0 saturated carbocycles. The summed E-state index contributed by atoms with van der Waals surface area (Å²) in [6.07, 6.45) is 0. The van der Waals surface area contributed by atoms with Gasteiger partial charge < -0.3 is 18.1 Å². The van der Waals surface area contributed by atoms with E-state index in [9.17, 15) is 0 Å². The Kier molecular flexibility index (Phi) is 20.7. The average molecular weight is 453 g/mol. The maximum absolute atomic E-state index is 4.90. The Morgan fingerprint density at radius 1 is 0.875 bits per heavy atom. The van der Waals surface area contributed by atoms with E-state index in [2.05, 4.69) is 72.0 Å². The third-order valence-corrected chi connectivity index (χ3v) is 11.2. The molecule has 8 heteroatoms. The number of hydrogen-bond donors (Lipinski definition) is 0. The van der Waals surface area contributed by atoms with Crippen LogP contribution in [0.15, 0.2) is 0 Å². The van der Waals surface area contributed by atoms with Gasteiger partial charge in [0.05, 0.1) is 0 Å². The van der Waals surface area contributed by atoms with Crippen molar-refractivity contribution in [2.45, 2.75) is 46.2 Å². The van der Waals surface area contributed by atoms with Gasteiger partial charge in [-0.2, -0.15) is 0 Å². The van der Waals surface area contributed by atoms with Crippen LogP contribution < -0.4 is 0 Å². The van der Waals surface area contributed by atoms with Crippen molar-refractivity contribution in [2.75, 3.05) is 0 Å². The normalized spacial score (nSPS) is 10.2. The fraction of sp³-hybridized carbons (Fsp3) is 0.875. The van der Waals surface area contributed by atoms with Crippen LogP contribution in [0.1, 0.15) is 6.92 Å². The maximum Gasteiger partial charge on any atom is 0.618 e. The van der Waals surface area contributed by atoms with Gasteiger partial charge in [-0.15, -0.1) is 0 Å². The lowest BCUT2D eigenvalue weighted by Crippen LogP contribution is -2.44. The van der Waals surface area contributed by atoms with Gasteiger partial charge in [0.2, 0.25) is 0 Å². The lowest BCUT2D eigenvalue weighted by Gasteiger charge is -2.34. The van der Waals surface area contributed by atoms with E-state index >= 15 is 0 Å². The summed E-state index contributed by atoms with van der Waals surface area (Å²) < 4.78 is 0. The zero-order valence-electron chi connectivity index (χ0n) is 11.4. The molecule has 0 unspecified atom stereocenters. The highest BCUT2D eigenvalue weighted by atomic mass is 79.9. The molecule has 0 heterocycles. The summed E-state index contributed by atoms with van der Waals surface area (Å²) in [5.41, 5.74) is 0. The first-order chi connectivity index (χ1) is 6.98. The van der Waals surface area contributed by atoms with Crippen LogP contribution in [-0.2, 0) is 0 Å². The van der Waals surface area contributed by atoms with Gasteiger partial charge in [-0.3, -0.25) is 25.8 Å². The van der Waals surface area contributed by atoms with E-state index in [-0.39, 0.29) is 16.0 Å². The summed E-state index contributed by atoms with van der Waals surface area (Å²) in [4.78, 5) is 0. The number of rotatable bonds is 2. The van der Waals surface area contributed by atoms with E-state index < -0.39 is 34.3 Å². The first-order valence-electron chi connectivity index (χ1n) is 5.07. The molecular formula is C8H21Br2Cl2Mg2Si2. The molecule has 16 heavy (non-hydrogen) atoms. The van der Waals surface area contributed by atoms with Gasteiger partial charge >= 0.3 is 34.2 Å². The van der Waals surface area contributed by atoms with Crippen LogP contribution in [0.4, 0.5) is 0 Å². The predicted octanol–water partition coefficient (Wildman–Crippen LogP) is 5.64. The van der Waals surface area contributed by atoms with Gasteiger partial charge in [-0.1, -0.05) is 46.2 Å². The van der Waals surface area contributed by atoms with E-state index in [1.807, 2.05) is 5.16 Å². The van der Waals surface area contributed by atoms with E-state index in [1.165, 1.54) is 0 Å². The topological polar surface area (TPSA) is 0 Å². The van der Waals surface area contributed by atoms with Crippen molar-refractivity contribution < 1.29 is 0 Å². The van der Waals surface area contributed by atoms with Crippen molar-refractivity contribution in [1.29, 1.82) is 0 Å². The third kappa shape index (κ3) is 19.8. The predicted molar refractivity (Wildman–Crippen MR) is 96.7 cm³/mol. The fourth-order valence-corrected chi connectivity index (χ4v) is 10.1. The Hall–Kier alpha value is 3.51. The monoisotopic (exact) mass is 449 g/mol. The average Bonchev–Trinajstić information content (AvgIpc) is 2.02. The van der Waals surface area contributed by atoms with Crippen LogP contribution in [0.2, 0.25) is 39.3 Å². The number of hydrogen-bond acceptors (Lipinski definition) is 0. The molecule has 93 valence electrons. The summed E-state index contributed by atoms with van der Waals surface area (Å²) in [7, 11) is 7.97. The highest BCUT2D eigenvalue weighted by Crippen LogP contribution is 2.26. The molecule has 0 aromatic rings. The SMILES string of the molecule is C[C]([Si](C)(C)C)[Si](C)(C)C.[Br][Mg][Br].[Cl][Mg][Cl]. The van der Waals surface area contributed by atoms with Crippen molar-refractivity contribution in [3.05, 3.63) is 5.16 Å². The van der Waals surface area contributed by atoms with Crippen molar-refractivity contribution in [3.63, 3.8) is 0 Å². The van der Waals surface area contributed by atoms with Gasteiger partial charge in [0.15, 0.2) is 0 Å². The van der Waals surface area contributed by atoms with E-state index in [4.69, 9.17) is 18.1 Å². The van der Waals surface area contributed by atoms with E-state index in [1.54, 1.807) is 0 Å². The summed E-state index contributed by atoms with van der Waals surface area (Å²) in [5, 5.41) is 1.85. The van der Waals surface area contributed by atoms with Crippen LogP contribution >= 0.6 is 43.9 Å². The molecule has 0 N–H and O–H groups in total. The molecule has 0 aromatic heterocycles. The molecule has 0 aliphatic rings. The van der Waals surface area contributed by atoms with Crippen molar-refractivity contribution in [3.8, 4) is 0 Å². The standard InChI is InChI=1S/C8H21Si2.2BrH.2ClH.2Mg/c1-8(9(2,3)4)10(5,6)7;;;;;;/h1-7H3;4*1H;;/q;;;;;2*+2/p-4. The minimum atomic E-state index is -0.918. The molecule has 0 atom stereocenters. The minimum absolute atomic E-state index is 0.0417. The maximum atomic E-state index is 4.90. The van der Waals surface area contributed by atoms with Crippen LogP contribution in [0.25, 0.3) is 0 Å². The van der Waals surface area contributed by atoms with Gasteiger partial charge in [0.1, 0.15) is 0 Å². The lowest BCUT2D eigenvalue weighted by molar-refractivity contribution is 1.39. The fourth-order valence-electron chi connectivity index (χ4n) is 1.12. The second kappa shape index (κ2) is 13.5. The van der Waals surface area contributed by atoms with Gasteiger partial charge in [0.25, 0.3) is 0 Å². The lowest BCUT2D eigenvalue weighted by atomic mass is 10.9. The number of halogens is 4. The van der Waals surface area contributed by atoms with Crippen LogP contribution in [-0.4, -0.2) is 50.3 Å². The first kappa shape index (κ1) is 24.5. The van der Waals surface area contributed by atoms with Crippen molar-refractivity contribution >= 4 is 94.2 Å². The largest absolute Gasteiger partial charge is 0.618 e. The molecule has 0 spiro atoms. The molecule has 0 fully saturated rings. The molecule has 0 rings (SSSR count). The first-order valence-corrected chi connectivity index (χ1v) is 24.1. The molecule has 0 aliphatic heterocycles. The zero-order chi connectivity index (χ0) is 14.0. The smallest absolute Gasteiger partial charge is 0.309 e. The van der Waals surface area contributed by atoms with Crippen LogP contribution in [0, 0.1) is 5.16 Å². The van der Waals surface area contributed by atoms with E-state index in [0.717, 1.165) is 0 Å². The summed E-state index contributed by atoms with van der Waals surface area (Å²) >= 11 is 5.81. The molecular weight excluding hydrogens is 432 g/mol. The van der Waals surface area contributed by atoms with Crippen LogP contribution in [0.5, 0.6) is 0 Å². The molecule has 0 nitrogen and oxygen atoms in total. The Bertz CT molecular complexity index is 136. The van der Waals surface area contributed by atoms with Gasteiger partial charge in [0, 0.05) is 16.1 Å². The molecule has 0 aromatic carbocycles. The quantitative estimate of drug-likeness (QED) is 0.475. The Balaban J connectivity index is -0.000000235.